The zero-order valence-corrected chi connectivity index (χ0v) is 17.4. The minimum Gasteiger partial charge on any atom is -0.463 e. The Hall–Kier alpha value is -3.39. The number of likely N-dealkylation sites (tertiary alicyclic amines) is 1. The SMILES string of the molecule is NC(=O)C1CCCN(CCCNC(=O)c2cc(-c3ccco3)nn2-c2ccccc2)C1. The molecule has 0 aliphatic carbocycles. The zero-order valence-electron chi connectivity index (χ0n) is 17.4. The highest BCUT2D eigenvalue weighted by Crippen LogP contribution is 2.22. The van der Waals surface area contributed by atoms with Crippen LogP contribution >= 0.6 is 0 Å². The number of carbonyl (C=O) groups excluding carboxylic acids is 2. The largest absolute Gasteiger partial charge is 0.463 e. The number of nitrogens with zero attached hydrogens (tertiary/aromatic N) is 3. The van der Waals surface area contributed by atoms with Gasteiger partial charge in [-0.25, -0.2) is 4.68 Å². The number of benzene rings is 1. The van der Waals surface area contributed by atoms with Crippen LogP contribution in [0.2, 0.25) is 0 Å². The molecule has 1 fully saturated rings. The molecule has 8 heteroatoms. The number of piperidine rings is 1. The van der Waals surface area contributed by atoms with E-state index in [1.165, 1.54) is 0 Å². The number of hydrogen-bond acceptors (Lipinski definition) is 5. The molecule has 0 bridgehead atoms. The van der Waals surface area contributed by atoms with Gasteiger partial charge in [-0.15, -0.1) is 0 Å². The minimum atomic E-state index is -0.223. The molecule has 1 saturated heterocycles. The van der Waals surface area contributed by atoms with Crippen molar-refractivity contribution in [3.05, 3.63) is 60.5 Å². The van der Waals surface area contributed by atoms with Crippen LogP contribution in [0.5, 0.6) is 0 Å². The maximum absolute atomic E-state index is 12.9. The lowest BCUT2D eigenvalue weighted by molar-refractivity contribution is -0.123. The quantitative estimate of drug-likeness (QED) is 0.544. The molecule has 1 aliphatic rings. The van der Waals surface area contributed by atoms with Crippen molar-refractivity contribution in [2.75, 3.05) is 26.2 Å². The van der Waals surface area contributed by atoms with Gasteiger partial charge in [0.15, 0.2) is 5.76 Å². The van der Waals surface area contributed by atoms with Gasteiger partial charge in [0, 0.05) is 19.2 Å². The van der Waals surface area contributed by atoms with E-state index in [4.69, 9.17) is 10.2 Å². The highest BCUT2D eigenvalue weighted by atomic mass is 16.3. The Morgan fingerprint density at radius 3 is 2.77 bits per heavy atom. The normalized spacial score (nSPS) is 16.8. The summed E-state index contributed by atoms with van der Waals surface area (Å²) in [6.45, 7) is 3.02. The second-order valence-corrected chi connectivity index (χ2v) is 7.79. The van der Waals surface area contributed by atoms with Gasteiger partial charge in [-0.1, -0.05) is 18.2 Å². The summed E-state index contributed by atoms with van der Waals surface area (Å²) in [5, 5.41) is 7.57. The third kappa shape index (κ3) is 5.03. The highest BCUT2D eigenvalue weighted by molar-refractivity contribution is 5.94. The van der Waals surface area contributed by atoms with Crippen LogP contribution in [-0.4, -0.2) is 52.7 Å². The number of nitrogens with two attached hydrogens (primary N) is 1. The number of furan rings is 1. The van der Waals surface area contributed by atoms with Crippen molar-refractivity contribution in [1.82, 2.24) is 20.0 Å². The predicted molar refractivity (Wildman–Crippen MR) is 117 cm³/mol. The maximum Gasteiger partial charge on any atom is 0.270 e. The average molecular weight is 422 g/mol. The van der Waals surface area contributed by atoms with Crippen molar-refractivity contribution in [2.24, 2.45) is 11.7 Å². The van der Waals surface area contributed by atoms with Gasteiger partial charge in [-0.05, 0) is 56.6 Å². The first-order valence-electron chi connectivity index (χ1n) is 10.6. The minimum absolute atomic E-state index is 0.0661. The van der Waals surface area contributed by atoms with Crippen molar-refractivity contribution >= 4 is 11.8 Å². The smallest absolute Gasteiger partial charge is 0.270 e. The topological polar surface area (TPSA) is 106 Å². The third-order valence-electron chi connectivity index (χ3n) is 5.56. The molecule has 1 atom stereocenters. The maximum atomic E-state index is 12.9. The van der Waals surface area contributed by atoms with Gasteiger partial charge < -0.3 is 20.4 Å². The van der Waals surface area contributed by atoms with Crippen LogP contribution in [0.25, 0.3) is 17.1 Å². The van der Waals surface area contributed by atoms with E-state index in [1.807, 2.05) is 36.4 Å². The number of hydrogen-bond donors (Lipinski definition) is 2. The van der Waals surface area contributed by atoms with Crippen LogP contribution in [0, 0.1) is 5.92 Å². The predicted octanol–water partition coefficient (Wildman–Crippen LogP) is 2.45. The summed E-state index contributed by atoms with van der Waals surface area (Å²) in [5.74, 6) is 0.128. The van der Waals surface area contributed by atoms with Crippen LogP contribution in [0.15, 0.2) is 59.2 Å². The molecule has 3 heterocycles. The monoisotopic (exact) mass is 421 g/mol. The second kappa shape index (κ2) is 9.61. The van der Waals surface area contributed by atoms with Crippen molar-refractivity contribution in [2.45, 2.75) is 19.3 Å². The Morgan fingerprint density at radius 2 is 2.03 bits per heavy atom. The number of primary amides is 1. The van der Waals surface area contributed by atoms with Crippen LogP contribution in [0.4, 0.5) is 0 Å². The van der Waals surface area contributed by atoms with E-state index in [1.54, 1.807) is 23.1 Å². The van der Waals surface area contributed by atoms with E-state index < -0.39 is 0 Å². The number of aromatic nitrogens is 2. The van der Waals surface area contributed by atoms with Gasteiger partial charge in [0.25, 0.3) is 5.91 Å². The highest BCUT2D eigenvalue weighted by Gasteiger charge is 2.23. The lowest BCUT2D eigenvalue weighted by Crippen LogP contribution is -2.42. The Bertz CT molecular complexity index is 1010. The molecular weight excluding hydrogens is 394 g/mol. The molecule has 2 aromatic heterocycles. The molecule has 0 saturated carbocycles. The van der Waals surface area contributed by atoms with Gasteiger partial charge in [0.1, 0.15) is 11.4 Å². The van der Waals surface area contributed by atoms with E-state index in [2.05, 4.69) is 15.3 Å². The molecule has 1 unspecified atom stereocenters. The number of carbonyl (C=O) groups is 2. The van der Waals surface area contributed by atoms with Crippen LogP contribution < -0.4 is 11.1 Å². The fourth-order valence-electron chi connectivity index (χ4n) is 3.94. The molecule has 3 aromatic rings. The number of nitrogens with one attached hydrogen (secondary N) is 1. The van der Waals surface area contributed by atoms with E-state index in [0.717, 1.165) is 38.0 Å². The van der Waals surface area contributed by atoms with E-state index in [-0.39, 0.29) is 17.7 Å². The molecular formula is C23H27N5O3. The number of amides is 2. The molecule has 31 heavy (non-hydrogen) atoms. The molecule has 0 radical (unpaired) electrons. The van der Waals surface area contributed by atoms with Gasteiger partial charge in [-0.3, -0.25) is 9.59 Å². The Morgan fingerprint density at radius 1 is 1.19 bits per heavy atom. The fraction of sp³-hybridized carbons (Fsp3) is 0.348. The standard InChI is InChI=1S/C23H27N5O3/c24-22(29)17-7-4-12-27(16-17)13-6-11-25-23(30)20-15-19(21-10-5-14-31-21)26-28(20)18-8-2-1-3-9-18/h1-3,5,8-10,14-15,17H,4,6-7,11-13,16H2,(H2,24,29)(H,25,30). The average Bonchev–Trinajstić information content (AvgIpc) is 3.47. The fourth-order valence-corrected chi connectivity index (χ4v) is 3.94. The lowest BCUT2D eigenvalue weighted by atomic mass is 9.97. The summed E-state index contributed by atoms with van der Waals surface area (Å²) in [6.07, 6.45) is 4.22. The lowest BCUT2D eigenvalue weighted by Gasteiger charge is -2.31. The Labute approximate surface area is 181 Å². The number of rotatable bonds is 8. The van der Waals surface area contributed by atoms with Crippen molar-refractivity contribution in [1.29, 1.82) is 0 Å². The van der Waals surface area contributed by atoms with Gasteiger partial charge in [0.05, 0.1) is 17.9 Å². The molecule has 1 aliphatic heterocycles. The first-order valence-corrected chi connectivity index (χ1v) is 10.6. The Balaban J connectivity index is 1.39. The molecule has 162 valence electrons. The van der Waals surface area contributed by atoms with Crippen molar-refractivity contribution in [3.8, 4) is 17.1 Å². The van der Waals surface area contributed by atoms with Crippen LogP contribution in [0.1, 0.15) is 29.8 Å². The molecule has 4 rings (SSSR count). The van der Waals surface area contributed by atoms with Gasteiger partial charge in [0.2, 0.25) is 5.91 Å². The zero-order chi connectivity index (χ0) is 21.6. The molecule has 1 aromatic carbocycles. The second-order valence-electron chi connectivity index (χ2n) is 7.79. The van der Waals surface area contributed by atoms with Crippen molar-refractivity contribution in [3.63, 3.8) is 0 Å². The molecule has 2 amide bonds. The first-order chi connectivity index (χ1) is 15.1. The Kier molecular flexibility index (Phi) is 6.47. The van der Waals surface area contributed by atoms with Crippen LogP contribution in [-0.2, 0) is 4.79 Å². The summed E-state index contributed by atoms with van der Waals surface area (Å²) in [5.41, 5.74) is 7.30. The van der Waals surface area contributed by atoms with E-state index >= 15 is 0 Å². The van der Waals surface area contributed by atoms with E-state index in [9.17, 15) is 9.59 Å². The van der Waals surface area contributed by atoms with Gasteiger partial charge >= 0.3 is 0 Å². The molecule has 3 N–H and O–H groups in total. The molecule has 8 nitrogen and oxygen atoms in total. The molecule has 0 spiro atoms. The van der Waals surface area contributed by atoms with Gasteiger partial charge in [-0.2, -0.15) is 5.10 Å². The van der Waals surface area contributed by atoms with Crippen LogP contribution in [0.3, 0.4) is 0 Å². The number of para-hydroxylation sites is 1. The third-order valence-corrected chi connectivity index (χ3v) is 5.56. The van der Waals surface area contributed by atoms with E-state index in [0.29, 0.717) is 30.2 Å². The summed E-state index contributed by atoms with van der Waals surface area (Å²) in [4.78, 5) is 26.6. The van der Waals surface area contributed by atoms with Crippen molar-refractivity contribution < 1.29 is 14.0 Å². The first kappa shape index (κ1) is 20.9. The summed E-state index contributed by atoms with van der Waals surface area (Å²) in [7, 11) is 0. The summed E-state index contributed by atoms with van der Waals surface area (Å²) in [6, 6.07) is 14.9. The summed E-state index contributed by atoms with van der Waals surface area (Å²) >= 11 is 0. The summed E-state index contributed by atoms with van der Waals surface area (Å²) < 4.78 is 7.08.